The highest BCUT2D eigenvalue weighted by atomic mass is 35.5. The largest absolute Gasteiger partial charge is 0.497 e. The first kappa shape index (κ1) is 34.2. The maximum Gasteiger partial charge on any atom is 0.243 e. The highest BCUT2D eigenvalue weighted by Gasteiger charge is 2.30. The Bertz CT molecular complexity index is 1470. The smallest absolute Gasteiger partial charge is 0.243 e. The average Bonchev–Trinajstić information content (AvgIpc) is 2.97. The normalized spacial score (nSPS) is 12.1. The molecule has 2 amide bonds. The zero-order chi connectivity index (χ0) is 31.6. The van der Waals surface area contributed by atoms with Crippen molar-refractivity contribution in [1.29, 1.82) is 0 Å². The van der Waals surface area contributed by atoms with Crippen LogP contribution in [0.2, 0.25) is 10.0 Å². The van der Waals surface area contributed by atoms with Gasteiger partial charge in [-0.1, -0.05) is 73.4 Å². The number of nitrogens with zero attached hydrogens (tertiary/aromatic N) is 2. The summed E-state index contributed by atoms with van der Waals surface area (Å²) in [5.41, 5.74) is 2.09. The van der Waals surface area contributed by atoms with E-state index in [0.29, 0.717) is 40.0 Å². The molecule has 11 heteroatoms. The van der Waals surface area contributed by atoms with Crippen molar-refractivity contribution in [3.8, 4) is 5.75 Å². The molecule has 0 aliphatic rings. The van der Waals surface area contributed by atoms with Crippen LogP contribution in [-0.2, 0) is 32.6 Å². The number of ether oxygens (including phenoxy) is 1. The van der Waals surface area contributed by atoms with Gasteiger partial charge in [0.1, 0.15) is 11.8 Å². The van der Waals surface area contributed by atoms with Crippen LogP contribution in [0.1, 0.15) is 37.8 Å². The van der Waals surface area contributed by atoms with E-state index in [-0.39, 0.29) is 43.7 Å². The second kappa shape index (κ2) is 16.0. The third-order valence-electron chi connectivity index (χ3n) is 6.81. The fraction of sp³-hybridized carbons (Fsp3) is 0.375. The molecule has 0 unspecified atom stereocenters. The lowest BCUT2D eigenvalue weighted by molar-refractivity contribution is -0.141. The van der Waals surface area contributed by atoms with Crippen LogP contribution >= 0.6 is 23.2 Å². The molecule has 0 saturated carbocycles. The SMILES string of the molecule is COc1ccc(N(CCCC(=O)N(Cc2ccc(Cl)c(Cl)c2)[C@H](Cc2ccccc2)C(=O)NCC(C)C)S(C)(=O)=O)cc1. The Morgan fingerprint density at radius 1 is 0.930 bits per heavy atom. The Hall–Kier alpha value is -3.27. The molecule has 0 fully saturated rings. The van der Waals surface area contributed by atoms with Gasteiger partial charge in [0.2, 0.25) is 21.8 Å². The zero-order valence-corrected chi connectivity index (χ0v) is 27.3. The molecule has 0 spiro atoms. The highest BCUT2D eigenvalue weighted by Crippen LogP contribution is 2.26. The van der Waals surface area contributed by atoms with Crippen LogP contribution in [0.15, 0.2) is 72.8 Å². The average molecular weight is 649 g/mol. The van der Waals surface area contributed by atoms with Gasteiger partial charge >= 0.3 is 0 Å². The summed E-state index contributed by atoms with van der Waals surface area (Å²) >= 11 is 12.4. The molecule has 1 atom stereocenters. The second-order valence-corrected chi connectivity index (χ2v) is 13.5. The van der Waals surface area contributed by atoms with Crippen molar-refractivity contribution >= 4 is 50.7 Å². The van der Waals surface area contributed by atoms with Gasteiger partial charge in [0, 0.05) is 32.5 Å². The number of hydrogen-bond donors (Lipinski definition) is 1. The van der Waals surface area contributed by atoms with Crippen LogP contribution in [0.5, 0.6) is 5.75 Å². The van der Waals surface area contributed by atoms with Crippen molar-refractivity contribution in [1.82, 2.24) is 10.2 Å². The first-order chi connectivity index (χ1) is 20.4. The molecule has 0 aliphatic heterocycles. The number of amides is 2. The Kier molecular flexibility index (Phi) is 12.7. The molecule has 3 aromatic carbocycles. The lowest BCUT2D eigenvalue weighted by Gasteiger charge is -2.32. The summed E-state index contributed by atoms with van der Waals surface area (Å²) in [5, 5.41) is 3.72. The van der Waals surface area contributed by atoms with Gasteiger partial charge in [0.15, 0.2) is 0 Å². The van der Waals surface area contributed by atoms with Crippen molar-refractivity contribution in [2.45, 2.75) is 45.7 Å². The van der Waals surface area contributed by atoms with Gasteiger partial charge in [0.05, 0.1) is 29.1 Å². The van der Waals surface area contributed by atoms with Crippen LogP contribution < -0.4 is 14.4 Å². The quantitative estimate of drug-likeness (QED) is 0.220. The van der Waals surface area contributed by atoms with E-state index in [4.69, 9.17) is 27.9 Å². The predicted molar refractivity (Wildman–Crippen MR) is 173 cm³/mol. The number of hydrogen-bond acceptors (Lipinski definition) is 5. The van der Waals surface area contributed by atoms with Crippen LogP contribution in [0.4, 0.5) is 5.69 Å². The molecule has 3 rings (SSSR count). The van der Waals surface area contributed by atoms with Gasteiger partial charge in [-0.25, -0.2) is 8.42 Å². The summed E-state index contributed by atoms with van der Waals surface area (Å²) in [6.07, 6.45) is 1.69. The van der Waals surface area contributed by atoms with Gasteiger partial charge in [-0.2, -0.15) is 0 Å². The first-order valence-electron chi connectivity index (χ1n) is 14.1. The second-order valence-electron chi connectivity index (χ2n) is 10.8. The van der Waals surface area contributed by atoms with Crippen molar-refractivity contribution in [3.05, 3.63) is 94.0 Å². The number of rotatable bonds is 15. The molecule has 3 aromatic rings. The first-order valence-corrected chi connectivity index (χ1v) is 16.7. The van der Waals surface area contributed by atoms with Crippen LogP contribution in [0.3, 0.4) is 0 Å². The molecule has 43 heavy (non-hydrogen) atoms. The number of anilines is 1. The number of benzene rings is 3. The van der Waals surface area contributed by atoms with E-state index in [1.165, 1.54) is 11.4 Å². The minimum absolute atomic E-state index is 0.0201. The lowest BCUT2D eigenvalue weighted by Crippen LogP contribution is -2.51. The standard InChI is InChI=1S/C32H39Cl2N3O5S/c1-23(2)21-35-32(39)30(20-24-9-6-5-7-10-24)36(22-25-12-17-28(33)29(34)19-25)31(38)11-8-18-37(43(4,40)41)26-13-15-27(42-3)16-14-26/h5-7,9-10,12-17,19,23,30H,8,11,18,20-22H2,1-4H3,(H,35,39)/t30-/m1/s1. The fourth-order valence-electron chi connectivity index (χ4n) is 4.56. The topological polar surface area (TPSA) is 96.0 Å². The minimum Gasteiger partial charge on any atom is -0.497 e. The Morgan fingerprint density at radius 2 is 1.60 bits per heavy atom. The summed E-state index contributed by atoms with van der Waals surface area (Å²) in [4.78, 5) is 29.1. The van der Waals surface area contributed by atoms with Crippen molar-refractivity contribution in [2.75, 3.05) is 30.8 Å². The van der Waals surface area contributed by atoms with Gasteiger partial charge in [-0.15, -0.1) is 0 Å². The van der Waals surface area contributed by atoms with E-state index < -0.39 is 16.1 Å². The summed E-state index contributed by atoms with van der Waals surface area (Å²) in [6, 6.07) is 20.5. The Labute approximate surface area is 265 Å². The number of carbonyl (C=O) groups is 2. The number of halogens is 2. The summed E-state index contributed by atoms with van der Waals surface area (Å²) in [6.45, 7) is 4.67. The van der Waals surface area contributed by atoms with Crippen LogP contribution in [-0.4, -0.2) is 57.6 Å². The number of carbonyl (C=O) groups excluding carboxylic acids is 2. The van der Waals surface area contributed by atoms with E-state index in [0.717, 1.165) is 11.8 Å². The fourth-order valence-corrected chi connectivity index (χ4v) is 5.85. The zero-order valence-electron chi connectivity index (χ0n) is 24.9. The molecule has 0 aromatic heterocycles. The Morgan fingerprint density at radius 3 is 2.19 bits per heavy atom. The summed E-state index contributed by atoms with van der Waals surface area (Å²) in [7, 11) is -2.09. The molecular weight excluding hydrogens is 609 g/mol. The molecule has 8 nitrogen and oxygen atoms in total. The Balaban J connectivity index is 1.89. The monoisotopic (exact) mass is 647 g/mol. The van der Waals surface area contributed by atoms with Gasteiger partial charge in [-0.3, -0.25) is 13.9 Å². The van der Waals surface area contributed by atoms with E-state index in [1.54, 1.807) is 47.4 Å². The van der Waals surface area contributed by atoms with Crippen LogP contribution in [0, 0.1) is 5.92 Å². The third-order valence-corrected chi connectivity index (χ3v) is 8.74. The number of nitrogens with one attached hydrogen (secondary N) is 1. The molecular formula is C32H39Cl2N3O5S. The van der Waals surface area contributed by atoms with E-state index in [9.17, 15) is 18.0 Å². The van der Waals surface area contributed by atoms with Gasteiger partial charge in [0.25, 0.3) is 0 Å². The third kappa shape index (κ3) is 10.4. The molecule has 0 aliphatic carbocycles. The van der Waals surface area contributed by atoms with Crippen molar-refractivity contribution < 1.29 is 22.7 Å². The molecule has 0 saturated heterocycles. The number of sulfonamides is 1. The van der Waals surface area contributed by atoms with Gasteiger partial charge in [-0.05, 0) is 59.9 Å². The van der Waals surface area contributed by atoms with E-state index >= 15 is 0 Å². The van der Waals surface area contributed by atoms with E-state index in [1.807, 2.05) is 44.2 Å². The lowest BCUT2D eigenvalue weighted by atomic mass is 10.0. The highest BCUT2D eigenvalue weighted by molar-refractivity contribution is 7.92. The summed E-state index contributed by atoms with van der Waals surface area (Å²) < 4.78 is 31.7. The van der Waals surface area contributed by atoms with Gasteiger partial charge < -0.3 is 15.0 Å². The summed E-state index contributed by atoms with van der Waals surface area (Å²) in [5.74, 6) is 0.280. The predicted octanol–water partition coefficient (Wildman–Crippen LogP) is 5.96. The van der Waals surface area contributed by atoms with Crippen molar-refractivity contribution in [3.63, 3.8) is 0 Å². The number of methoxy groups -OCH3 is 1. The van der Waals surface area contributed by atoms with Crippen molar-refractivity contribution in [2.24, 2.45) is 5.92 Å². The molecule has 232 valence electrons. The maximum atomic E-state index is 13.9. The van der Waals surface area contributed by atoms with E-state index in [2.05, 4.69) is 5.32 Å². The molecule has 0 heterocycles. The maximum absolute atomic E-state index is 13.9. The molecule has 0 bridgehead atoms. The van der Waals surface area contributed by atoms with Crippen LogP contribution in [0.25, 0.3) is 0 Å². The minimum atomic E-state index is -3.62. The molecule has 0 radical (unpaired) electrons. The molecule has 1 N–H and O–H groups in total.